The van der Waals surface area contributed by atoms with E-state index in [0.29, 0.717) is 11.3 Å². The Bertz CT molecular complexity index is 330. The van der Waals surface area contributed by atoms with Crippen LogP contribution in [-0.4, -0.2) is 18.3 Å². The zero-order valence-corrected chi connectivity index (χ0v) is 12.4. The van der Waals surface area contributed by atoms with Gasteiger partial charge in [0.25, 0.3) is 0 Å². The summed E-state index contributed by atoms with van der Waals surface area (Å²) in [6.45, 7) is 4.49. The normalized spacial score (nSPS) is 14.6. The van der Waals surface area contributed by atoms with Crippen molar-refractivity contribution < 1.29 is 0 Å². The van der Waals surface area contributed by atoms with E-state index in [9.17, 15) is 0 Å². The standard InChI is InChI=1S/C14H22ClNS/c1-4-7-13(16-3)14(5-2)17-12-9-6-8-11(15)10-12/h6,8-10,13-14,16H,4-5,7H2,1-3H3. The fraction of sp³-hybridized carbons (Fsp3) is 0.571. The molecular formula is C14H22ClNS. The largest absolute Gasteiger partial charge is 0.316 e. The van der Waals surface area contributed by atoms with Crippen LogP contribution in [0.1, 0.15) is 33.1 Å². The van der Waals surface area contributed by atoms with Gasteiger partial charge in [0.05, 0.1) is 0 Å². The summed E-state index contributed by atoms with van der Waals surface area (Å²) in [5.41, 5.74) is 0. The molecule has 0 saturated carbocycles. The molecule has 3 heteroatoms. The van der Waals surface area contributed by atoms with Gasteiger partial charge < -0.3 is 5.32 Å². The monoisotopic (exact) mass is 271 g/mol. The van der Waals surface area contributed by atoms with E-state index in [2.05, 4.69) is 32.3 Å². The summed E-state index contributed by atoms with van der Waals surface area (Å²) in [6, 6.07) is 8.71. The minimum absolute atomic E-state index is 0.578. The van der Waals surface area contributed by atoms with E-state index in [0.717, 1.165) is 5.02 Å². The maximum absolute atomic E-state index is 6.02. The second-order valence-corrected chi connectivity index (χ2v) is 5.95. The molecule has 0 aliphatic carbocycles. The Kier molecular flexibility index (Phi) is 7.02. The van der Waals surface area contributed by atoms with Crippen molar-refractivity contribution in [1.29, 1.82) is 0 Å². The van der Waals surface area contributed by atoms with Crippen LogP contribution in [0.15, 0.2) is 29.2 Å². The van der Waals surface area contributed by atoms with Gasteiger partial charge in [-0.1, -0.05) is 37.9 Å². The molecule has 1 aromatic carbocycles. The lowest BCUT2D eigenvalue weighted by Gasteiger charge is -2.25. The lowest BCUT2D eigenvalue weighted by molar-refractivity contribution is 0.490. The van der Waals surface area contributed by atoms with Crippen molar-refractivity contribution in [3.63, 3.8) is 0 Å². The maximum Gasteiger partial charge on any atom is 0.0417 e. The van der Waals surface area contributed by atoms with Crippen molar-refractivity contribution in [2.75, 3.05) is 7.05 Å². The Morgan fingerprint density at radius 2 is 2.12 bits per heavy atom. The first-order valence-electron chi connectivity index (χ1n) is 6.30. The number of hydrogen-bond acceptors (Lipinski definition) is 2. The first-order chi connectivity index (χ1) is 8.21. The third-order valence-electron chi connectivity index (χ3n) is 2.91. The smallest absolute Gasteiger partial charge is 0.0417 e. The third kappa shape index (κ3) is 4.90. The Labute approximate surface area is 114 Å². The number of rotatable bonds is 7. The first-order valence-corrected chi connectivity index (χ1v) is 7.56. The number of thioether (sulfide) groups is 1. The van der Waals surface area contributed by atoms with Gasteiger partial charge >= 0.3 is 0 Å². The molecule has 2 unspecified atom stereocenters. The predicted octanol–water partition coefficient (Wildman–Crippen LogP) is 4.60. The van der Waals surface area contributed by atoms with Crippen LogP contribution in [0.2, 0.25) is 5.02 Å². The van der Waals surface area contributed by atoms with E-state index in [1.807, 2.05) is 30.0 Å². The molecule has 1 nitrogen and oxygen atoms in total. The topological polar surface area (TPSA) is 12.0 Å². The van der Waals surface area contributed by atoms with Crippen LogP contribution in [0.3, 0.4) is 0 Å². The van der Waals surface area contributed by atoms with Gasteiger partial charge in [-0.05, 0) is 38.1 Å². The molecular weight excluding hydrogens is 250 g/mol. The fourth-order valence-corrected chi connectivity index (χ4v) is 3.55. The number of hydrogen-bond donors (Lipinski definition) is 1. The third-order valence-corrected chi connectivity index (χ3v) is 4.63. The van der Waals surface area contributed by atoms with E-state index in [1.54, 1.807) is 0 Å². The minimum Gasteiger partial charge on any atom is -0.316 e. The van der Waals surface area contributed by atoms with Gasteiger partial charge in [0.1, 0.15) is 0 Å². The highest BCUT2D eigenvalue weighted by molar-refractivity contribution is 8.00. The second-order valence-electron chi connectivity index (χ2n) is 4.21. The summed E-state index contributed by atoms with van der Waals surface area (Å²) < 4.78 is 0. The number of benzene rings is 1. The number of halogens is 1. The molecule has 0 fully saturated rings. The highest BCUT2D eigenvalue weighted by atomic mass is 35.5. The summed E-state index contributed by atoms with van der Waals surface area (Å²) >= 11 is 7.95. The van der Waals surface area contributed by atoms with Crippen LogP contribution in [-0.2, 0) is 0 Å². The highest BCUT2D eigenvalue weighted by Crippen LogP contribution is 2.30. The predicted molar refractivity (Wildman–Crippen MR) is 79.1 cm³/mol. The lowest BCUT2D eigenvalue weighted by atomic mass is 10.1. The van der Waals surface area contributed by atoms with Crippen LogP contribution in [0.5, 0.6) is 0 Å². The zero-order valence-electron chi connectivity index (χ0n) is 10.9. The SMILES string of the molecule is CCCC(NC)C(CC)Sc1cccc(Cl)c1. The summed E-state index contributed by atoms with van der Waals surface area (Å²) in [5.74, 6) is 0. The molecule has 0 saturated heterocycles. The Balaban J connectivity index is 2.68. The average molecular weight is 272 g/mol. The molecule has 0 spiro atoms. The van der Waals surface area contributed by atoms with Crippen molar-refractivity contribution in [2.24, 2.45) is 0 Å². The van der Waals surface area contributed by atoms with E-state index >= 15 is 0 Å². The van der Waals surface area contributed by atoms with Crippen LogP contribution >= 0.6 is 23.4 Å². The molecule has 0 aliphatic heterocycles. The van der Waals surface area contributed by atoms with E-state index < -0.39 is 0 Å². The summed E-state index contributed by atoms with van der Waals surface area (Å²) in [4.78, 5) is 1.26. The van der Waals surface area contributed by atoms with Crippen LogP contribution in [0.25, 0.3) is 0 Å². The van der Waals surface area contributed by atoms with Crippen LogP contribution in [0, 0.1) is 0 Å². The molecule has 0 aromatic heterocycles. The van der Waals surface area contributed by atoms with Crippen molar-refractivity contribution in [1.82, 2.24) is 5.32 Å². The van der Waals surface area contributed by atoms with Crippen molar-refractivity contribution in [3.05, 3.63) is 29.3 Å². The van der Waals surface area contributed by atoms with Crippen molar-refractivity contribution in [3.8, 4) is 0 Å². The summed E-state index contributed by atoms with van der Waals surface area (Å²) in [5, 5.41) is 4.87. The highest BCUT2D eigenvalue weighted by Gasteiger charge is 2.18. The second kappa shape index (κ2) is 8.02. The molecule has 17 heavy (non-hydrogen) atoms. The molecule has 0 amide bonds. The van der Waals surface area contributed by atoms with Crippen LogP contribution in [0.4, 0.5) is 0 Å². The quantitative estimate of drug-likeness (QED) is 0.728. The minimum atomic E-state index is 0.578. The van der Waals surface area contributed by atoms with E-state index in [1.165, 1.54) is 24.2 Å². The molecule has 0 radical (unpaired) electrons. The molecule has 0 aliphatic rings. The van der Waals surface area contributed by atoms with Gasteiger partial charge in [0, 0.05) is 21.2 Å². The fourth-order valence-electron chi connectivity index (χ4n) is 1.99. The Morgan fingerprint density at radius 3 is 2.65 bits per heavy atom. The van der Waals surface area contributed by atoms with Gasteiger partial charge in [0.2, 0.25) is 0 Å². The van der Waals surface area contributed by atoms with Gasteiger partial charge in [-0.3, -0.25) is 0 Å². The summed E-state index contributed by atoms with van der Waals surface area (Å²) in [6.07, 6.45) is 3.61. The lowest BCUT2D eigenvalue weighted by Crippen LogP contribution is -2.35. The van der Waals surface area contributed by atoms with E-state index in [-0.39, 0.29) is 0 Å². The van der Waals surface area contributed by atoms with Gasteiger partial charge in [-0.2, -0.15) is 0 Å². The number of nitrogens with one attached hydrogen (secondary N) is 1. The Morgan fingerprint density at radius 1 is 1.35 bits per heavy atom. The Hall–Kier alpha value is -0.180. The van der Waals surface area contributed by atoms with Gasteiger partial charge in [-0.15, -0.1) is 11.8 Å². The first kappa shape index (κ1) is 14.9. The molecule has 0 bridgehead atoms. The molecule has 1 aromatic rings. The molecule has 1 N–H and O–H groups in total. The molecule has 1 rings (SSSR count). The van der Waals surface area contributed by atoms with E-state index in [4.69, 9.17) is 11.6 Å². The van der Waals surface area contributed by atoms with Crippen molar-refractivity contribution in [2.45, 2.75) is 49.3 Å². The van der Waals surface area contributed by atoms with Gasteiger partial charge in [-0.25, -0.2) is 0 Å². The zero-order chi connectivity index (χ0) is 12.7. The maximum atomic E-state index is 6.02. The van der Waals surface area contributed by atoms with Gasteiger partial charge in [0.15, 0.2) is 0 Å². The summed E-state index contributed by atoms with van der Waals surface area (Å²) in [7, 11) is 2.06. The molecule has 2 atom stereocenters. The molecule has 0 heterocycles. The van der Waals surface area contributed by atoms with Crippen LogP contribution < -0.4 is 5.32 Å². The average Bonchev–Trinajstić information content (AvgIpc) is 2.33. The van der Waals surface area contributed by atoms with Crippen molar-refractivity contribution >= 4 is 23.4 Å². The molecule has 96 valence electrons.